The molecule has 1 N–H and O–H groups in total. The molecule has 0 fully saturated rings. The second-order valence-electron chi connectivity index (χ2n) is 12.2. The molecule has 2 heterocycles. The monoisotopic (exact) mass is 550 g/mol. The predicted octanol–water partition coefficient (Wildman–Crippen LogP) is 8.07. The van der Waals surface area contributed by atoms with Crippen LogP contribution in [0.3, 0.4) is 0 Å². The molecule has 3 aliphatic rings. The number of ketones is 2. The van der Waals surface area contributed by atoms with Crippen LogP contribution in [0.2, 0.25) is 0 Å². The van der Waals surface area contributed by atoms with E-state index < -0.39 is 23.1 Å². The molecule has 0 spiro atoms. The molecule has 2 atom stereocenters. The van der Waals surface area contributed by atoms with Gasteiger partial charge in [-0.25, -0.2) is 0 Å². The van der Waals surface area contributed by atoms with Gasteiger partial charge in [0, 0.05) is 23.0 Å². The van der Waals surface area contributed by atoms with Crippen LogP contribution >= 0.6 is 0 Å². The number of hydrogen-bond donors (Lipinski definition) is 1. The van der Waals surface area contributed by atoms with Crippen LogP contribution in [0.4, 0.5) is 0 Å². The van der Waals surface area contributed by atoms with Gasteiger partial charge >= 0.3 is 0 Å². The van der Waals surface area contributed by atoms with Crippen LogP contribution in [0, 0.1) is 5.92 Å². The first-order valence-corrected chi connectivity index (χ1v) is 15.1. The highest BCUT2D eigenvalue weighted by Gasteiger charge is 2.54. The molecule has 0 radical (unpaired) electrons. The summed E-state index contributed by atoms with van der Waals surface area (Å²) in [6, 6.07) is 5.60. The highest BCUT2D eigenvalue weighted by molar-refractivity contribution is 6.24. The summed E-state index contributed by atoms with van der Waals surface area (Å²) in [5.74, 6) is -0.538. The average molecular weight is 551 g/mol. The number of aliphatic hydroxyl groups is 1. The van der Waals surface area contributed by atoms with E-state index in [2.05, 4.69) is 6.92 Å². The molecule has 1 aliphatic carbocycles. The Morgan fingerprint density at radius 3 is 2.38 bits per heavy atom. The van der Waals surface area contributed by atoms with E-state index in [0.717, 1.165) is 30.4 Å². The first-order chi connectivity index (χ1) is 19.2. The van der Waals surface area contributed by atoms with Crippen LogP contribution in [-0.2, 0) is 14.3 Å². The molecule has 218 valence electrons. The van der Waals surface area contributed by atoms with Crippen LogP contribution in [-0.4, -0.2) is 35.5 Å². The zero-order chi connectivity index (χ0) is 28.9. The minimum atomic E-state index is -0.744. The van der Waals surface area contributed by atoms with Crippen molar-refractivity contribution < 1.29 is 28.9 Å². The molecule has 1 aromatic rings. The number of hydrogen-bond acceptors (Lipinski definition) is 6. The Labute approximate surface area is 239 Å². The molecular weight excluding hydrogens is 504 g/mol. The smallest absolute Gasteiger partial charge is 0.228 e. The summed E-state index contributed by atoms with van der Waals surface area (Å²) in [6.07, 6.45) is 12.7. The Kier molecular flexibility index (Phi) is 9.81. The SMILES string of the molecule is CCCCCCCCCCCC1=C(O)C(=O)C2=C(OC(C)(C)[C@H]3COc4ccc(OCC=C(C)C)cc4[C@H]23)C1=O. The Bertz CT molecular complexity index is 1200. The highest BCUT2D eigenvalue weighted by atomic mass is 16.5. The maximum absolute atomic E-state index is 13.7. The van der Waals surface area contributed by atoms with Gasteiger partial charge < -0.3 is 19.3 Å². The fourth-order valence-corrected chi connectivity index (χ4v) is 6.05. The number of allylic oxidation sites excluding steroid dienone is 3. The lowest BCUT2D eigenvalue weighted by Gasteiger charge is -2.48. The number of Topliss-reactive ketones (excluding diaryl/α,β-unsaturated/α-hetero) is 2. The third-order valence-electron chi connectivity index (χ3n) is 8.45. The minimum absolute atomic E-state index is 0.0867. The van der Waals surface area contributed by atoms with Gasteiger partial charge in [0.15, 0.2) is 11.5 Å². The Morgan fingerprint density at radius 2 is 1.70 bits per heavy atom. The minimum Gasteiger partial charge on any atom is -0.504 e. The number of benzene rings is 1. The van der Waals surface area contributed by atoms with Crippen LogP contribution in [0.25, 0.3) is 0 Å². The summed E-state index contributed by atoms with van der Waals surface area (Å²) in [5.41, 5.74) is 1.63. The Morgan fingerprint density at radius 1 is 1.02 bits per heavy atom. The lowest BCUT2D eigenvalue weighted by Crippen LogP contribution is -2.50. The molecule has 0 amide bonds. The molecule has 0 saturated heterocycles. The molecule has 6 heteroatoms. The average Bonchev–Trinajstić information content (AvgIpc) is 2.91. The standard InChI is InChI=1S/C34H46O6/c1-6-7-8-9-10-11-12-13-14-15-24-30(35)32(37)29-28-25-20-23(38-19-18-22(2)3)16-17-27(25)39-21-26(28)34(4,5)40-33(29)31(24)36/h16-18,20,26,28,35H,6-15,19,21H2,1-5H3/t26-,28-/m0/s1. The number of carbonyl (C=O) groups excluding carboxylic acids is 2. The quantitative estimate of drug-likeness (QED) is 0.152. The highest BCUT2D eigenvalue weighted by Crippen LogP contribution is 2.54. The Hall–Kier alpha value is -3.02. The van der Waals surface area contributed by atoms with Crippen molar-refractivity contribution in [2.24, 2.45) is 5.92 Å². The predicted molar refractivity (Wildman–Crippen MR) is 157 cm³/mol. The molecule has 1 aromatic carbocycles. The van der Waals surface area contributed by atoms with Crippen molar-refractivity contribution in [1.29, 1.82) is 0 Å². The first kappa shape index (κ1) is 30.0. The lowest BCUT2D eigenvalue weighted by molar-refractivity contribution is -0.130. The summed E-state index contributed by atoms with van der Waals surface area (Å²) in [5, 5.41) is 11.0. The van der Waals surface area contributed by atoms with E-state index in [-0.39, 0.29) is 28.6 Å². The summed E-state index contributed by atoms with van der Waals surface area (Å²) in [7, 11) is 0. The van der Waals surface area contributed by atoms with E-state index in [1.54, 1.807) is 0 Å². The fourth-order valence-electron chi connectivity index (χ4n) is 6.05. The second-order valence-corrected chi connectivity index (χ2v) is 12.2. The van der Waals surface area contributed by atoms with Crippen molar-refractivity contribution in [3.8, 4) is 11.5 Å². The van der Waals surface area contributed by atoms with Gasteiger partial charge in [-0.3, -0.25) is 9.59 Å². The van der Waals surface area contributed by atoms with Crippen molar-refractivity contribution in [1.82, 2.24) is 0 Å². The van der Waals surface area contributed by atoms with Crippen LogP contribution < -0.4 is 9.47 Å². The van der Waals surface area contributed by atoms with Crippen LogP contribution in [0.1, 0.15) is 110 Å². The second kappa shape index (κ2) is 13.1. The summed E-state index contributed by atoms with van der Waals surface area (Å²) < 4.78 is 18.3. The lowest BCUT2D eigenvalue weighted by atomic mass is 9.67. The molecule has 0 bridgehead atoms. The van der Waals surface area contributed by atoms with Gasteiger partial charge in [-0.05, 0) is 64.8 Å². The largest absolute Gasteiger partial charge is 0.504 e. The van der Waals surface area contributed by atoms with Crippen molar-refractivity contribution in [2.45, 2.75) is 110 Å². The zero-order valence-electron chi connectivity index (χ0n) is 24.9. The number of unbranched alkanes of at least 4 members (excludes halogenated alkanes) is 8. The number of ether oxygens (including phenoxy) is 3. The van der Waals surface area contributed by atoms with Gasteiger partial charge in [0.25, 0.3) is 0 Å². The van der Waals surface area contributed by atoms with E-state index in [1.807, 2.05) is 52.0 Å². The molecule has 0 saturated carbocycles. The third kappa shape index (κ3) is 6.47. The first-order valence-electron chi connectivity index (χ1n) is 15.1. The topological polar surface area (TPSA) is 82.1 Å². The van der Waals surface area contributed by atoms with Crippen molar-refractivity contribution >= 4 is 11.6 Å². The molecule has 0 aromatic heterocycles. The molecule has 0 unspecified atom stereocenters. The van der Waals surface area contributed by atoms with Crippen LogP contribution in [0.5, 0.6) is 11.5 Å². The van der Waals surface area contributed by atoms with Gasteiger partial charge in [0.2, 0.25) is 11.6 Å². The number of aliphatic hydroxyl groups excluding tert-OH is 1. The summed E-state index contributed by atoms with van der Waals surface area (Å²) in [6.45, 7) is 10.9. The van der Waals surface area contributed by atoms with Crippen molar-refractivity contribution in [3.63, 3.8) is 0 Å². The maximum Gasteiger partial charge on any atom is 0.228 e. The van der Waals surface area contributed by atoms with E-state index in [9.17, 15) is 14.7 Å². The van der Waals surface area contributed by atoms with E-state index in [1.165, 1.54) is 38.5 Å². The third-order valence-corrected chi connectivity index (χ3v) is 8.45. The normalized spacial score (nSPS) is 21.2. The van der Waals surface area contributed by atoms with Gasteiger partial charge in [-0.15, -0.1) is 0 Å². The summed E-state index contributed by atoms with van der Waals surface area (Å²) in [4.78, 5) is 27.4. The molecular formula is C34H46O6. The Balaban J connectivity index is 1.53. The zero-order valence-corrected chi connectivity index (χ0v) is 24.9. The van der Waals surface area contributed by atoms with Gasteiger partial charge in [-0.1, -0.05) is 63.9 Å². The number of fused-ring (bicyclic) bond motifs is 4. The van der Waals surface area contributed by atoms with Gasteiger partial charge in [0.05, 0.1) is 12.2 Å². The fraction of sp³-hybridized carbons (Fsp3) is 0.588. The van der Waals surface area contributed by atoms with Gasteiger partial charge in [-0.2, -0.15) is 0 Å². The van der Waals surface area contributed by atoms with E-state index in [4.69, 9.17) is 14.2 Å². The number of carbonyl (C=O) groups is 2. The van der Waals surface area contributed by atoms with E-state index >= 15 is 0 Å². The van der Waals surface area contributed by atoms with Gasteiger partial charge in [0.1, 0.15) is 23.7 Å². The van der Waals surface area contributed by atoms with Crippen molar-refractivity contribution in [3.05, 3.63) is 58.1 Å². The van der Waals surface area contributed by atoms with Crippen LogP contribution in [0.15, 0.2) is 52.5 Å². The summed E-state index contributed by atoms with van der Waals surface area (Å²) >= 11 is 0. The van der Waals surface area contributed by atoms with E-state index in [0.29, 0.717) is 31.1 Å². The molecule has 40 heavy (non-hydrogen) atoms. The number of rotatable bonds is 13. The molecule has 6 nitrogen and oxygen atoms in total. The molecule has 2 aliphatic heterocycles. The molecule has 4 rings (SSSR count). The maximum atomic E-state index is 13.7. The van der Waals surface area contributed by atoms with Crippen molar-refractivity contribution in [2.75, 3.05) is 13.2 Å².